The highest BCUT2D eigenvalue weighted by atomic mass is 79.9. The number of rotatable bonds is 6. The summed E-state index contributed by atoms with van der Waals surface area (Å²) in [6, 6.07) is 4.58. The SMILES string of the molecule is CCCn1nncc1C(NCC)c1cc(F)ccc1Br. The summed E-state index contributed by atoms with van der Waals surface area (Å²) in [6.07, 6.45) is 2.71. The van der Waals surface area contributed by atoms with Gasteiger partial charge in [0.25, 0.3) is 0 Å². The minimum atomic E-state index is -0.249. The van der Waals surface area contributed by atoms with Crippen molar-refractivity contribution in [1.29, 1.82) is 0 Å². The van der Waals surface area contributed by atoms with Gasteiger partial charge in [0.15, 0.2) is 0 Å². The van der Waals surface area contributed by atoms with Crippen molar-refractivity contribution in [3.63, 3.8) is 0 Å². The van der Waals surface area contributed by atoms with Gasteiger partial charge in [0, 0.05) is 11.0 Å². The van der Waals surface area contributed by atoms with Gasteiger partial charge in [-0.3, -0.25) is 0 Å². The van der Waals surface area contributed by atoms with Gasteiger partial charge in [0.1, 0.15) is 5.82 Å². The predicted octanol–water partition coefficient (Wildman–Crippen LogP) is 3.29. The second-order valence-electron chi connectivity index (χ2n) is 4.54. The molecule has 0 saturated carbocycles. The normalized spacial score (nSPS) is 12.6. The molecule has 20 heavy (non-hydrogen) atoms. The smallest absolute Gasteiger partial charge is 0.123 e. The third-order valence-corrected chi connectivity index (χ3v) is 3.78. The molecule has 1 atom stereocenters. The molecule has 4 nitrogen and oxygen atoms in total. The van der Waals surface area contributed by atoms with Crippen LogP contribution in [0, 0.1) is 5.82 Å². The second kappa shape index (κ2) is 6.95. The molecule has 0 spiro atoms. The summed E-state index contributed by atoms with van der Waals surface area (Å²) in [4.78, 5) is 0. The molecule has 108 valence electrons. The highest BCUT2D eigenvalue weighted by molar-refractivity contribution is 9.10. The van der Waals surface area contributed by atoms with Crippen molar-refractivity contribution < 1.29 is 4.39 Å². The summed E-state index contributed by atoms with van der Waals surface area (Å²) in [5, 5.41) is 11.5. The van der Waals surface area contributed by atoms with E-state index in [1.54, 1.807) is 18.3 Å². The van der Waals surface area contributed by atoms with Crippen LogP contribution in [0.25, 0.3) is 0 Å². The van der Waals surface area contributed by atoms with Crippen LogP contribution in [0.1, 0.15) is 37.6 Å². The lowest BCUT2D eigenvalue weighted by molar-refractivity contribution is 0.509. The van der Waals surface area contributed by atoms with Crippen LogP contribution in [0.5, 0.6) is 0 Å². The number of hydrogen-bond acceptors (Lipinski definition) is 3. The van der Waals surface area contributed by atoms with Crippen LogP contribution in [0.15, 0.2) is 28.9 Å². The van der Waals surface area contributed by atoms with E-state index in [0.29, 0.717) is 0 Å². The van der Waals surface area contributed by atoms with E-state index in [1.807, 2.05) is 11.6 Å². The number of aryl methyl sites for hydroxylation is 1. The van der Waals surface area contributed by atoms with E-state index in [2.05, 4.69) is 38.5 Å². The first-order chi connectivity index (χ1) is 9.67. The summed E-state index contributed by atoms with van der Waals surface area (Å²) in [7, 11) is 0. The maximum Gasteiger partial charge on any atom is 0.123 e. The fourth-order valence-electron chi connectivity index (χ4n) is 2.19. The Kier molecular flexibility index (Phi) is 5.25. The molecular weight excluding hydrogens is 323 g/mol. The van der Waals surface area contributed by atoms with Gasteiger partial charge in [-0.1, -0.05) is 35.0 Å². The molecule has 0 aliphatic carbocycles. The highest BCUT2D eigenvalue weighted by Crippen LogP contribution is 2.29. The maximum atomic E-state index is 13.6. The molecule has 1 aromatic heterocycles. The topological polar surface area (TPSA) is 42.7 Å². The predicted molar refractivity (Wildman–Crippen MR) is 79.9 cm³/mol. The molecule has 1 aromatic carbocycles. The molecule has 2 aromatic rings. The summed E-state index contributed by atoms with van der Waals surface area (Å²) >= 11 is 3.49. The van der Waals surface area contributed by atoms with Crippen LogP contribution in [-0.2, 0) is 6.54 Å². The fourth-order valence-corrected chi connectivity index (χ4v) is 2.66. The first-order valence-corrected chi connectivity index (χ1v) is 7.53. The van der Waals surface area contributed by atoms with E-state index >= 15 is 0 Å². The average Bonchev–Trinajstić information content (AvgIpc) is 2.88. The molecule has 0 radical (unpaired) electrons. The summed E-state index contributed by atoms with van der Waals surface area (Å²) in [6.45, 7) is 5.68. The Labute approximate surface area is 126 Å². The van der Waals surface area contributed by atoms with Gasteiger partial charge in [-0.25, -0.2) is 9.07 Å². The Morgan fingerprint density at radius 1 is 1.40 bits per heavy atom. The van der Waals surface area contributed by atoms with Crippen molar-refractivity contribution in [3.8, 4) is 0 Å². The van der Waals surface area contributed by atoms with E-state index in [9.17, 15) is 4.39 Å². The quantitative estimate of drug-likeness (QED) is 0.877. The third-order valence-electron chi connectivity index (χ3n) is 3.06. The van der Waals surface area contributed by atoms with Gasteiger partial charge >= 0.3 is 0 Å². The van der Waals surface area contributed by atoms with Crippen molar-refractivity contribution in [2.24, 2.45) is 0 Å². The van der Waals surface area contributed by atoms with Crippen LogP contribution in [0.3, 0.4) is 0 Å². The van der Waals surface area contributed by atoms with Gasteiger partial charge in [-0.15, -0.1) is 5.10 Å². The third kappa shape index (κ3) is 3.24. The summed E-state index contributed by atoms with van der Waals surface area (Å²) in [5.74, 6) is -0.249. The molecule has 0 aliphatic rings. The Morgan fingerprint density at radius 2 is 2.20 bits per heavy atom. The number of nitrogens with zero attached hydrogens (tertiary/aromatic N) is 3. The fraction of sp³-hybridized carbons (Fsp3) is 0.429. The zero-order chi connectivity index (χ0) is 14.5. The lowest BCUT2D eigenvalue weighted by Crippen LogP contribution is -2.25. The van der Waals surface area contributed by atoms with Crippen molar-refractivity contribution in [3.05, 3.63) is 45.9 Å². The first kappa shape index (κ1) is 15.1. The van der Waals surface area contributed by atoms with Gasteiger partial charge in [0.05, 0.1) is 17.9 Å². The maximum absolute atomic E-state index is 13.6. The van der Waals surface area contributed by atoms with Gasteiger partial charge in [-0.2, -0.15) is 0 Å². The molecule has 0 amide bonds. The second-order valence-corrected chi connectivity index (χ2v) is 5.39. The van der Waals surface area contributed by atoms with E-state index < -0.39 is 0 Å². The van der Waals surface area contributed by atoms with E-state index in [-0.39, 0.29) is 11.9 Å². The lowest BCUT2D eigenvalue weighted by Gasteiger charge is -2.20. The molecule has 1 heterocycles. The number of nitrogens with one attached hydrogen (secondary N) is 1. The van der Waals surface area contributed by atoms with Gasteiger partial charge < -0.3 is 5.32 Å². The van der Waals surface area contributed by atoms with Crippen molar-refractivity contribution >= 4 is 15.9 Å². The molecule has 0 fully saturated rings. The Bertz CT molecular complexity index is 570. The molecule has 2 rings (SSSR count). The Hall–Kier alpha value is -1.27. The van der Waals surface area contributed by atoms with Crippen LogP contribution >= 0.6 is 15.9 Å². The largest absolute Gasteiger partial charge is 0.305 e. The minimum Gasteiger partial charge on any atom is -0.305 e. The van der Waals surface area contributed by atoms with E-state index in [1.165, 1.54) is 6.07 Å². The van der Waals surface area contributed by atoms with E-state index in [4.69, 9.17) is 0 Å². The monoisotopic (exact) mass is 340 g/mol. The van der Waals surface area contributed by atoms with Crippen LogP contribution in [-0.4, -0.2) is 21.5 Å². The molecule has 0 aliphatic heterocycles. The molecule has 0 saturated heterocycles. The van der Waals surface area contributed by atoms with Crippen LogP contribution in [0.4, 0.5) is 4.39 Å². The first-order valence-electron chi connectivity index (χ1n) is 6.74. The number of benzene rings is 1. The molecule has 1 unspecified atom stereocenters. The van der Waals surface area contributed by atoms with E-state index in [0.717, 1.165) is 35.2 Å². The van der Waals surface area contributed by atoms with Gasteiger partial charge in [0.2, 0.25) is 0 Å². The van der Waals surface area contributed by atoms with Crippen molar-refractivity contribution in [1.82, 2.24) is 20.3 Å². The lowest BCUT2D eigenvalue weighted by atomic mass is 10.0. The minimum absolute atomic E-state index is 0.133. The zero-order valence-corrected chi connectivity index (χ0v) is 13.2. The summed E-state index contributed by atoms with van der Waals surface area (Å²) < 4.78 is 16.3. The number of hydrogen-bond donors (Lipinski definition) is 1. The zero-order valence-electron chi connectivity index (χ0n) is 11.6. The average molecular weight is 341 g/mol. The molecule has 1 N–H and O–H groups in total. The number of aromatic nitrogens is 3. The summed E-state index contributed by atoms with van der Waals surface area (Å²) in [5.41, 5.74) is 1.80. The Morgan fingerprint density at radius 3 is 2.90 bits per heavy atom. The van der Waals surface area contributed by atoms with Crippen molar-refractivity contribution in [2.75, 3.05) is 6.54 Å². The number of halogens is 2. The van der Waals surface area contributed by atoms with Crippen LogP contribution in [0.2, 0.25) is 0 Å². The van der Waals surface area contributed by atoms with Gasteiger partial charge in [-0.05, 0) is 36.7 Å². The molecular formula is C14H18BrFN4. The molecule has 0 bridgehead atoms. The highest BCUT2D eigenvalue weighted by Gasteiger charge is 2.21. The Balaban J connectivity index is 2.44. The molecule has 6 heteroatoms. The van der Waals surface area contributed by atoms with Crippen molar-refractivity contribution in [2.45, 2.75) is 32.9 Å². The van der Waals surface area contributed by atoms with Crippen LogP contribution < -0.4 is 5.32 Å². The standard InChI is InChI=1S/C14H18BrFN4/c1-3-7-20-13(9-18-19-20)14(17-4-2)11-8-10(16)5-6-12(11)15/h5-6,8-9,14,17H,3-4,7H2,1-2H3.